The van der Waals surface area contributed by atoms with Crippen LogP contribution >= 0.6 is 15.9 Å². The molecule has 1 aromatic heterocycles. The van der Waals surface area contributed by atoms with E-state index in [1.165, 1.54) is 11.1 Å². The Balaban J connectivity index is 2.08. The van der Waals surface area contributed by atoms with Gasteiger partial charge in [0.25, 0.3) is 0 Å². The first kappa shape index (κ1) is 14.4. The van der Waals surface area contributed by atoms with Gasteiger partial charge in [-0.25, -0.2) is 0 Å². The van der Waals surface area contributed by atoms with E-state index in [0.717, 1.165) is 27.7 Å². The van der Waals surface area contributed by atoms with Crippen molar-refractivity contribution in [1.82, 2.24) is 5.32 Å². The fourth-order valence-corrected chi connectivity index (χ4v) is 3.29. The van der Waals surface area contributed by atoms with E-state index >= 15 is 0 Å². The summed E-state index contributed by atoms with van der Waals surface area (Å²) in [5, 5.41) is 4.66. The Morgan fingerprint density at radius 3 is 2.67 bits per heavy atom. The lowest BCUT2D eigenvalue weighted by atomic mass is 10.0. The maximum atomic E-state index is 6.04. The Morgan fingerprint density at radius 2 is 1.95 bits per heavy atom. The normalized spacial score (nSPS) is 12.7. The van der Waals surface area contributed by atoms with Gasteiger partial charge in [0.1, 0.15) is 11.3 Å². The highest BCUT2D eigenvalue weighted by Crippen LogP contribution is 2.30. The fourth-order valence-electron chi connectivity index (χ4n) is 2.66. The van der Waals surface area contributed by atoms with Crippen molar-refractivity contribution in [3.63, 3.8) is 0 Å². The molecular formula is C18H18BrNO. The van der Waals surface area contributed by atoms with Gasteiger partial charge in [0.15, 0.2) is 0 Å². The van der Waals surface area contributed by atoms with Crippen molar-refractivity contribution in [2.75, 3.05) is 6.54 Å². The highest BCUT2D eigenvalue weighted by molar-refractivity contribution is 9.10. The zero-order valence-corrected chi connectivity index (χ0v) is 13.8. The van der Waals surface area contributed by atoms with Crippen LogP contribution in [-0.4, -0.2) is 6.54 Å². The van der Waals surface area contributed by atoms with Gasteiger partial charge in [-0.2, -0.15) is 0 Å². The standard InChI is InChI=1S/C18H18BrNO/c1-3-20-18(14-8-12(2)9-15(19)10-14)17-11-13-6-4-5-7-16(13)21-17/h4-11,18,20H,3H2,1-2H3. The molecule has 0 aliphatic heterocycles. The van der Waals surface area contributed by atoms with E-state index in [-0.39, 0.29) is 6.04 Å². The molecule has 21 heavy (non-hydrogen) atoms. The zero-order chi connectivity index (χ0) is 14.8. The fraction of sp³-hybridized carbons (Fsp3) is 0.222. The first-order valence-corrected chi connectivity index (χ1v) is 7.95. The summed E-state index contributed by atoms with van der Waals surface area (Å²) >= 11 is 3.58. The minimum absolute atomic E-state index is 0.0681. The van der Waals surface area contributed by atoms with Crippen LogP contribution < -0.4 is 5.32 Å². The number of fused-ring (bicyclic) bond motifs is 1. The van der Waals surface area contributed by atoms with E-state index in [1.54, 1.807) is 0 Å². The smallest absolute Gasteiger partial charge is 0.134 e. The number of para-hydroxylation sites is 1. The Morgan fingerprint density at radius 1 is 1.14 bits per heavy atom. The quantitative estimate of drug-likeness (QED) is 0.703. The molecule has 0 aliphatic rings. The Labute approximate surface area is 133 Å². The van der Waals surface area contributed by atoms with Gasteiger partial charge in [0, 0.05) is 9.86 Å². The number of hydrogen-bond acceptors (Lipinski definition) is 2. The summed E-state index contributed by atoms with van der Waals surface area (Å²) in [4.78, 5) is 0. The van der Waals surface area contributed by atoms with Crippen LogP contribution in [0.1, 0.15) is 29.9 Å². The second kappa shape index (κ2) is 6.04. The van der Waals surface area contributed by atoms with Gasteiger partial charge in [-0.3, -0.25) is 0 Å². The van der Waals surface area contributed by atoms with Crippen LogP contribution in [0.4, 0.5) is 0 Å². The van der Waals surface area contributed by atoms with Gasteiger partial charge in [-0.15, -0.1) is 0 Å². The van der Waals surface area contributed by atoms with Crippen LogP contribution in [0.5, 0.6) is 0 Å². The van der Waals surface area contributed by atoms with Crippen molar-refractivity contribution < 1.29 is 4.42 Å². The number of hydrogen-bond donors (Lipinski definition) is 1. The van der Waals surface area contributed by atoms with Gasteiger partial charge in [-0.1, -0.05) is 47.1 Å². The number of benzene rings is 2. The van der Waals surface area contributed by atoms with Gasteiger partial charge in [-0.05, 0) is 48.9 Å². The van der Waals surface area contributed by atoms with E-state index in [0.29, 0.717) is 0 Å². The SMILES string of the molecule is CCNC(c1cc(C)cc(Br)c1)c1cc2ccccc2o1. The third kappa shape index (κ3) is 3.04. The molecule has 0 aliphatic carbocycles. The van der Waals surface area contributed by atoms with E-state index in [1.807, 2.05) is 18.2 Å². The average molecular weight is 344 g/mol. The molecule has 0 saturated carbocycles. The number of halogens is 1. The molecule has 3 rings (SSSR count). The second-order valence-electron chi connectivity index (χ2n) is 5.24. The van der Waals surface area contributed by atoms with Crippen LogP contribution in [0.3, 0.4) is 0 Å². The van der Waals surface area contributed by atoms with E-state index < -0.39 is 0 Å². The lowest BCUT2D eigenvalue weighted by Crippen LogP contribution is -2.21. The summed E-state index contributed by atoms with van der Waals surface area (Å²) in [6, 6.07) is 16.8. The lowest BCUT2D eigenvalue weighted by Gasteiger charge is -2.17. The van der Waals surface area contributed by atoms with Crippen LogP contribution in [-0.2, 0) is 0 Å². The van der Waals surface area contributed by atoms with Crippen LogP contribution in [0, 0.1) is 6.92 Å². The molecule has 1 N–H and O–H groups in total. The third-order valence-corrected chi connectivity index (χ3v) is 3.99. The molecular weight excluding hydrogens is 326 g/mol. The third-order valence-electron chi connectivity index (χ3n) is 3.54. The first-order chi connectivity index (χ1) is 10.2. The summed E-state index contributed by atoms with van der Waals surface area (Å²) in [7, 11) is 0. The second-order valence-corrected chi connectivity index (χ2v) is 6.15. The van der Waals surface area contributed by atoms with Gasteiger partial charge >= 0.3 is 0 Å². The monoisotopic (exact) mass is 343 g/mol. The van der Waals surface area contributed by atoms with E-state index in [2.05, 4.69) is 65.4 Å². The zero-order valence-electron chi connectivity index (χ0n) is 12.2. The summed E-state index contributed by atoms with van der Waals surface area (Å²) in [5.41, 5.74) is 3.38. The van der Waals surface area contributed by atoms with Crippen molar-refractivity contribution in [2.24, 2.45) is 0 Å². The molecule has 108 valence electrons. The van der Waals surface area contributed by atoms with Crippen LogP contribution in [0.15, 0.2) is 57.4 Å². The van der Waals surface area contributed by atoms with Crippen molar-refractivity contribution in [1.29, 1.82) is 0 Å². The van der Waals surface area contributed by atoms with Crippen molar-refractivity contribution in [3.05, 3.63) is 69.9 Å². The molecule has 3 aromatic rings. The maximum Gasteiger partial charge on any atom is 0.134 e. The highest BCUT2D eigenvalue weighted by atomic mass is 79.9. The van der Waals surface area contributed by atoms with E-state index in [9.17, 15) is 0 Å². The first-order valence-electron chi connectivity index (χ1n) is 7.16. The molecule has 2 nitrogen and oxygen atoms in total. The van der Waals surface area contributed by atoms with Crippen LogP contribution in [0.2, 0.25) is 0 Å². The Bertz CT molecular complexity index is 710. The molecule has 3 heteroatoms. The molecule has 1 atom stereocenters. The molecule has 0 bridgehead atoms. The minimum Gasteiger partial charge on any atom is -0.459 e. The number of furan rings is 1. The van der Waals surface area contributed by atoms with Gasteiger partial charge in [0.2, 0.25) is 0 Å². The Kier molecular flexibility index (Phi) is 4.13. The largest absolute Gasteiger partial charge is 0.459 e. The molecule has 0 amide bonds. The minimum atomic E-state index is 0.0681. The lowest BCUT2D eigenvalue weighted by molar-refractivity contribution is 0.477. The van der Waals surface area contributed by atoms with Crippen LogP contribution in [0.25, 0.3) is 11.0 Å². The molecule has 0 radical (unpaired) electrons. The number of rotatable bonds is 4. The molecule has 2 aromatic carbocycles. The van der Waals surface area contributed by atoms with Crippen molar-refractivity contribution >= 4 is 26.9 Å². The molecule has 0 saturated heterocycles. The summed E-state index contributed by atoms with van der Waals surface area (Å²) in [5.74, 6) is 0.954. The predicted molar refractivity (Wildman–Crippen MR) is 90.6 cm³/mol. The maximum absolute atomic E-state index is 6.04. The predicted octanol–water partition coefficient (Wildman–Crippen LogP) is 5.20. The summed E-state index contributed by atoms with van der Waals surface area (Å²) < 4.78 is 7.13. The molecule has 0 fully saturated rings. The van der Waals surface area contributed by atoms with Gasteiger partial charge in [0.05, 0.1) is 6.04 Å². The summed E-state index contributed by atoms with van der Waals surface area (Å²) in [6.07, 6.45) is 0. The van der Waals surface area contributed by atoms with Gasteiger partial charge < -0.3 is 9.73 Å². The number of aryl methyl sites for hydroxylation is 1. The molecule has 1 unspecified atom stereocenters. The topological polar surface area (TPSA) is 25.2 Å². The van der Waals surface area contributed by atoms with Crippen molar-refractivity contribution in [2.45, 2.75) is 19.9 Å². The summed E-state index contributed by atoms with van der Waals surface area (Å²) in [6.45, 7) is 5.10. The highest BCUT2D eigenvalue weighted by Gasteiger charge is 2.18. The molecule has 0 spiro atoms. The average Bonchev–Trinajstić information content (AvgIpc) is 2.87. The van der Waals surface area contributed by atoms with E-state index in [4.69, 9.17) is 4.42 Å². The number of nitrogens with one attached hydrogen (secondary N) is 1. The molecule has 1 heterocycles. The van der Waals surface area contributed by atoms with Crippen molar-refractivity contribution in [3.8, 4) is 0 Å². The Hall–Kier alpha value is -1.58.